The number of allylic oxidation sites excluding steroid dienone is 4. The van der Waals surface area contributed by atoms with Crippen LogP contribution in [0.25, 0.3) is 0 Å². The van der Waals surface area contributed by atoms with E-state index in [1.54, 1.807) is 5.57 Å². The van der Waals surface area contributed by atoms with E-state index >= 15 is 0 Å². The van der Waals surface area contributed by atoms with E-state index < -0.39 is 0 Å². The number of carbonyl (C=O) groups is 3. The van der Waals surface area contributed by atoms with E-state index in [1.807, 2.05) is 18.0 Å². The molecular formula is C33H51NO3. The number of rotatable bonds is 12. The van der Waals surface area contributed by atoms with E-state index in [2.05, 4.69) is 20.8 Å². The summed E-state index contributed by atoms with van der Waals surface area (Å²) in [4.78, 5) is 39.1. The first-order valence-electron chi connectivity index (χ1n) is 15.5. The molecule has 206 valence electrons. The summed E-state index contributed by atoms with van der Waals surface area (Å²) < 4.78 is 0. The van der Waals surface area contributed by atoms with Crippen molar-refractivity contribution in [3.63, 3.8) is 0 Å². The smallest absolute Gasteiger partial charge is 0.222 e. The molecule has 0 aromatic heterocycles. The Balaban J connectivity index is 1.24. The van der Waals surface area contributed by atoms with Crippen molar-refractivity contribution < 1.29 is 14.4 Å². The minimum atomic E-state index is -0.115. The van der Waals surface area contributed by atoms with E-state index in [-0.39, 0.29) is 17.4 Å². The van der Waals surface area contributed by atoms with Crippen molar-refractivity contribution in [3.8, 4) is 0 Å². The number of hydrogen-bond donors (Lipinski definition) is 0. The number of amides is 1. The predicted octanol–water partition coefficient (Wildman–Crippen LogP) is 7.76. The Labute approximate surface area is 225 Å². The Morgan fingerprint density at radius 1 is 0.946 bits per heavy atom. The molecule has 0 aromatic carbocycles. The van der Waals surface area contributed by atoms with Crippen molar-refractivity contribution in [1.29, 1.82) is 0 Å². The molecule has 0 N–H and O–H groups in total. The Bertz CT molecular complexity index is 928. The third-order valence-electron chi connectivity index (χ3n) is 10.4. The molecular weight excluding hydrogens is 458 g/mol. The lowest BCUT2D eigenvalue weighted by Gasteiger charge is -2.50. The number of carbonyl (C=O) groups excluding carboxylic acids is 3. The number of fused-ring (bicyclic) bond motifs is 4. The summed E-state index contributed by atoms with van der Waals surface area (Å²) >= 11 is 0. The van der Waals surface area contributed by atoms with Crippen molar-refractivity contribution in [2.75, 3.05) is 7.05 Å². The number of Topliss-reactive ketones (excluding diaryl/α,β-unsaturated/α-hetero) is 1. The van der Waals surface area contributed by atoms with E-state index in [4.69, 9.17) is 0 Å². The zero-order valence-electron chi connectivity index (χ0n) is 24.1. The van der Waals surface area contributed by atoms with Gasteiger partial charge in [-0.15, -0.1) is 0 Å². The molecule has 0 radical (unpaired) electrons. The number of nitrogens with zero attached hydrogens (tertiary/aromatic N) is 1. The second-order valence-corrected chi connectivity index (χ2v) is 13.1. The maximum atomic E-state index is 13.0. The molecule has 0 spiro atoms. The molecule has 0 aromatic rings. The normalized spacial score (nSPS) is 29.2. The lowest BCUT2D eigenvalue weighted by molar-refractivity contribution is -0.131. The van der Waals surface area contributed by atoms with Crippen LogP contribution >= 0.6 is 0 Å². The highest BCUT2D eigenvalue weighted by Crippen LogP contribution is 2.61. The van der Waals surface area contributed by atoms with Crippen LogP contribution in [-0.2, 0) is 14.4 Å². The monoisotopic (exact) mass is 509 g/mol. The quantitative estimate of drug-likeness (QED) is 0.253. The molecule has 4 atom stereocenters. The van der Waals surface area contributed by atoms with Gasteiger partial charge >= 0.3 is 0 Å². The van der Waals surface area contributed by atoms with Crippen LogP contribution in [0.1, 0.15) is 130 Å². The highest BCUT2D eigenvalue weighted by atomic mass is 16.2. The molecule has 2 saturated carbocycles. The predicted molar refractivity (Wildman–Crippen MR) is 150 cm³/mol. The van der Waals surface area contributed by atoms with Crippen molar-refractivity contribution in [1.82, 2.24) is 4.90 Å². The van der Waals surface area contributed by atoms with Crippen LogP contribution in [-0.4, -0.2) is 35.5 Å². The summed E-state index contributed by atoms with van der Waals surface area (Å²) in [6, 6.07) is 0.287. The molecule has 4 aliphatic carbocycles. The van der Waals surface area contributed by atoms with Gasteiger partial charge in [-0.25, -0.2) is 0 Å². The summed E-state index contributed by atoms with van der Waals surface area (Å²) in [6.07, 6.45) is 20.3. The van der Waals surface area contributed by atoms with Gasteiger partial charge in [-0.1, -0.05) is 57.4 Å². The van der Waals surface area contributed by atoms with Gasteiger partial charge in [-0.05, 0) is 93.8 Å². The van der Waals surface area contributed by atoms with Crippen molar-refractivity contribution in [2.24, 2.45) is 23.2 Å². The molecule has 37 heavy (non-hydrogen) atoms. The van der Waals surface area contributed by atoms with Gasteiger partial charge in [0, 0.05) is 37.8 Å². The zero-order valence-corrected chi connectivity index (χ0v) is 24.1. The molecule has 0 aliphatic heterocycles. The first-order chi connectivity index (χ1) is 17.7. The van der Waals surface area contributed by atoms with Gasteiger partial charge in [0.15, 0.2) is 5.78 Å². The van der Waals surface area contributed by atoms with Gasteiger partial charge in [0.05, 0.1) is 0 Å². The van der Waals surface area contributed by atoms with Crippen LogP contribution in [0.15, 0.2) is 22.8 Å². The fourth-order valence-electron chi connectivity index (χ4n) is 8.05. The van der Waals surface area contributed by atoms with E-state index in [1.165, 1.54) is 56.1 Å². The molecule has 4 nitrogen and oxygen atoms in total. The Morgan fingerprint density at radius 2 is 1.62 bits per heavy atom. The molecule has 4 aliphatic rings. The minimum Gasteiger partial charge on any atom is -0.343 e. The highest BCUT2D eigenvalue weighted by Gasteiger charge is 2.55. The number of unbranched alkanes of at least 4 members (excludes halogenated alkanes) is 7. The van der Waals surface area contributed by atoms with Crippen molar-refractivity contribution in [2.45, 2.75) is 136 Å². The van der Waals surface area contributed by atoms with Crippen LogP contribution < -0.4 is 0 Å². The number of hydrogen-bond acceptors (Lipinski definition) is 3. The summed E-state index contributed by atoms with van der Waals surface area (Å²) in [6.45, 7) is 6.41. The van der Waals surface area contributed by atoms with E-state index in [0.717, 1.165) is 51.4 Å². The first kappa shape index (κ1) is 28.3. The molecule has 0 bridgehead atoms. The Morgan fingerprint density at radius 3 is 2.32 bits per heavy atom. The fourth-order valence-corrected chi connectivity index (χ4v) is 8.05. The molecule has 4 heteroatoms. The topological polar surface area (TPSA) is 54.5 Å². The van der Waals surface area contributed by atoms with E-state index in [0.29, 0.717) is 42.2 Å². The maximum Gasteiger partial charge on any atom is 0.222 e. The van der Waals surface area contributed by atoms with Crippen LogP contribution in [0.4, 0.5) is 0 Å². The lowest BCUT2D eigenvalue weighted by atomic mass is 9.53. The molecule has 0 unspecified atom stereocenters. The third-order valence-corrected chi connectivity index (χ3v) is 10.4. The van der Waals surface area contributed by atoms with Gasteiger partial charge in [-0.2, -0.15) is 0 Å². The van der Waals surface area contributed by atoms with E-state index in [9.17, 15) is 14.4 Å². The minimum absolute atomic E-state index is 0.115. The molecule has 2 fully saturated rings. The van der Waals surface area contributed by atoms with Gasteiger partial charge in [0.1, 0.15) is 5.78 Å². The van der Waals surface area contributed by atoms with Crippen molar-refractivity contribution >= 4 is 17.5 Å². The van der Waals surface area contributed by atoms with Crippen LogP contribution in [0.5, 0.6) is 0 Å². The molecule has 0 saturated heterocycles. The third kappa shape index (κ3) is 6.31. The molecule has 1 amide bonds. The van der Waals surface area contributed by atoms with Crippen LogP contribution in [0.3, 0.4) is 0 Å². The zero-order chi connectivity index (χ0) is 26.6. The standard InChI is InChI=1S/C33H51NO3/c1-23(2)34(4)31(37)14-12-10-8-6-5-7-9-11-13-25-22-33(3)29(19-20-30(33)36)28-17-15-24-21-26(35)16-18-27(24)32(25)28/h21,23,25,28-29H,5-20,22H2,1-4H3/t25-,28-,29-,33-/m0/s1. The first-order valence-corrected chi connectivity index (χ1v) is 15.5. The average molecular weight is 510 g/mol. The summed E-state index contributed by atoms with van der Waals surface area (Å²) in [5.41, 5.74) is 4.43. The Hall–Kier alpha value is -1.71. The number of ketones is 2. The Kier molecular flexibility index (Phi) is 9.51. The van der Waals surface area contributed by atoms with Gasteiger partial charge in [0.25, 0.3) is 0 Å². The SMILES string of the molecule is CC(C)N(C)C(=O)CCCCCCCCCC[C@H]1C[C@]2(C)C(=O)CC[C@H]2[C@@H]2CCC3=CC(=O)CCC3=C12. The van der Waals surface area contributed by atoms with Crippen molar-refractivity contribution in [3.05, 3.63) is 22.8 Å². The maximum absolute atomic E-state index is 13.0. The summed E-state index contributed by atoms with van der Waals surface area (Å²) in [7, 11) is 1.90. The molecule has 0 heterocycles. The molecule has 4 rings (SSSR count). The average Bonchev–Trinajstić information content (AvgIpc) is 3.17. The second-order valence-electron chi connectivity index (χ2n) is 13.1. The van der Waals surface area contributed by atoms with Gasteiger partial charge in [-0.3, -0.25) is 14.4 Å². The van der Waals surface area contributed by atoms with Crippen LogP contribution in [0, 0.1) is 23.2 Å². The fraction of sp³-hybridized carbons (Fsp3) is 0.788. The highest BCUT2D eigenvalue weighted by molar-refractivity contribution is 5.93. The van der Waals surface area contributed by atoms with Gasteiger partial charge in [0.2, 0.25) is 5.91 Å². The largest absolute Gasteiger partial charge is 0.343 e. The van der Waals surface area contributed by atoms with Crippen LogP contribution in [0.2, 0.25) is 0 Å². The summed E-state index contributed by atoms with van der Waals surface area (Å²) in [5, 5.41) is 0. The summed E-state index contributed by atoms with van der Waals surface area (Å²) in [5.74, 6) is 2.73. The lowest BCUT2D eigenvalue weighted by Crippen LogP contribution is -2.44. The second kappa shape index (κ2) is 12.4. The van der Waals surface area contributed by atoms with Gasteiger partial charge < -0.3 is 4.90 Å².